The van der Waals surface area contributed by atoms with Crippen molar-refractivity contribution < 1.29 is 14.3 Å². The van der Waals surface area contributed by atoms with Crippen molar-refractivity contribution in [3.05, 3.63) is 16.3 Å². The third-order valence-corrected chi connectivity index (χ3v) is 4.76. The first-order valence-corrected chi connectivity index (χ1v) is 7.30. The Kier molecular flexibility index (Phi) is 3.94. The Hall–Kier alpha value is -1.36. The summed E-state index contributed by atoms with van der Waals surface area (Å²) in [7, 11) is 1.34. The van der Waals surface area contributed by atoms with Crippen LogP contribution in [0, 0.1) is 11.3 Å². The lowest BCUT2D eigenvalue weighted by Gasteiger charge is -2.25. The molecule has 1 unspecified atom stereocenters. The molecule has 1 heterocycles. The minimum absolute atomic E-state index is 0.00560. The molecule has 1 N–H and O–H groups in total. The van der Waals surface area contributed by atoms with Gasteiger partial charge in [-0.2, -0.15) is 0 Å². The van der Waals surface area contributed by atoms with Gasteiger partial charge in [0.2, 0.25) is 5.91 Å². The molecule has 1 aliphatic carbocycles. The molecular formula is C14H19NO3S. The van der Waals surface area contributed by atoms with Crippen molar-refractivity contribution in [2.75, 3.05) is 12.4 Å². The van der Waals surface area contributed by atoms with Gasteiger partial charge in [-0.3, -0.25) is 4.79 Å². The lowest BCUT2D eigenvalue weighted by Crippen LogP contribution is -2.31. The van der Waals surface area contributed by atoms with E-state index < -0.39 is 5.97 Å². The molecule has 5 heteroatoms. The summed E-state index contributed by atoms with van der Waals surface area (Å²) in [5.41, 5.74) is 0.593. The Morgan fingerprint density at radius 2 is 2.21 bits per heavy atom. The van der Waals surface area contributed by atoms with E-state index in [1.807, 2.05) is 0 Å². The second-order valence-corrected chi connectivity index (χ2v) is 6.49. The van der Waals surface area contributed by atoms with Crippen LogP contribution in [0.5, 0.6) is 0 Å². The number of carbonyl (C=O) groups excluding carboxylic acids is 2. The Bertz CT molecular complexity index is 493. The highest BCUT2D eigenvalue weighted by Crippen LogP contribution is 2.43. The standard InChI is InChI=1S/C14H19NO3S/c1-14(2)7-4-5-9(14)12(16)15-10-6-8-19-11(10)13(17)18-3/h6,8-9H,4-5,7H2,1-3H3,(H,15,16). The molecule has 1 fully saturated rings. The van der Waals surface area contributed by atoms with E-state index in [1.165, 1.54) is 18.4 Å². The predicted octanol–water partition coefficient (Wildman–Crippen LogP) is 3.30. The topological polar surface area (TPSA) is 55.4 Å². The fourth-order valence-electron chi connectivity index (χ4n) is 2.69. The van der Waals surface area contributed by atoms with Gasteiger partial charge < -0.3 is 10.1 Å². The highest BCUT2D eigenvalue weighted by Gasteiger charge is 2.39. The van der Waals surface area contributed by atoms with Crippen LogP contribution < -0.4 is 5.32 Å². The van der Waals surface area contributed by atoms with Gasteiger partial charge in [-0.15, -0.1) is 11.3 Å². The van der Waals surface area contributed by atoms with Gasteiger partial charge >= 0.3 is 5.97 Å². The number of thiophene rings is 1. The minimum atomic E-state index is -0.406. The van der Waals surface area contributed by atoms with Gasteiger partial charge in [0.05, 0.1) is 12.8 Å². The lowest BCUT2D eigenvalue weighted by atomic mass is 9.81. The first-order chi connectivity index (χ1) is 8.95. The number of hydrogen-bond acceptors (Lipinski definition) is 4. The number of rotatable bonds is 3. The highest BCUT2D eigenvalue weighted by molar-refractivity contribution is 7.12. The average Bonchev–Trinajstić information content (AvgIpc) is 2.94. The third-order valence-electron chi connectivity index (χ3n) is 3.87. The normalized spacial score (nSPS) is 21.1. The number of methoxy groups -OCH3 is 1. The summed E-state index contributed by atoms with van der Waals surface area (Å²) in [6, 6.07) is 1.75. The van der Waals surface area contributed by atoms with E-state index in [4.69, 9.17) is 4.74 Å². The van der Waals surface area contributed by atoms with Gasteiger partial charge in [0.25, 0.3) is 0 Å². The molecule has 0 aromatic carbocycles. The molecule has 0 radical (unpaired) electrons. The zero-order valence-electron chi connectivity index (χ0n) is 11.5. The number of esters is 1. The summed E-state index contributed by atoms with van der Waals surface area (Å²) in [6.07, 6.45) is 3.06. The number of hydrogen-bond donors (Lipinski definition) is 1. The van der Waals surface area contributed by atoms with Crippen molar-refractivity contribution in [3.8, 4) is 0 Å². The zero-order valence-corrected chi connectivity index (χ0v) is 12.3. The Balaban J connectivity index is 2.12. The van der Waals surface area contributed by atoms with Crippen LogP contribution in [0.2, 0.25) is 0 Å². The molecule has 4 nitrogen and oxygen atoms in total. The number of nitrogens with one attached hydrogen (secondary N) is 1. The van der Waals surface area contributed by atoms with Crippen molar-refractivity contribution in [1.82, 2.24) is 0 Å². The molecule has 0 spiro atoms. The molecule has 0 aliphatic heterocycles. The number of amides is 1. The Morgan fingerprint density at radius 1 is 1.47 bits per heavy atom. The number of carbonyl (C=O) groups is 2. The van der Waals surface area contributed by atoms with Gasteiger partial charge in [-0.05, 0) is 29.7 Å². The summed E-state index contributed by atoms with van der Waals surface area (Å²) in [4.78, 5) is 24.3. The minimum Gasteiger partial charge on any atom is -0.465 e. The summed E-state index contributed by atoms with van der Waals surface area (Å²) in [5.74, 6) is -0.389. The lowest BCUT2D eigenvalue weighted by molar-refractivity contribution is -0.122. The molecule has 19 heavy (non-hydrogen) atoms. The maximum absolute atomic E-state index is 12.3. The van der Waals surface area contributed by atoms with Crippen LogP contribution in [0.15, 0.2) is 11.4 Å². The largest absolute Gasteiger partial charge is 0.465 e. The van der Waals surface area contributed by atoms with Gasteiger partial charge in [0.15, 0.2) is 0 Å². The molecule has 1 amide bonds. The van der Waals surface area contributed by atoms with Crippen LogP contribution in [0.4, 0.5) is 5.69 Å². The fraction of sp³-hybridized carbons (Fsp3) is 0.571. The van der Waals surface area contributed by atoms with Gasteiger partial charge in [0.1, 0.15) is 4.88 Å². The molecule has 2 rings (SSSR count). The van der Waals surface area contributed by atoms with Crippen molar-refractivity contribution in [1.29, 1.82) is 0 Å². The summed E-state index contributed by atoms with van der Waals surface area (Å²) >= 11 is 1.28. The van der Waals surface area contributed by atoms with Crippen LogP contribution in [0.25, 0.3) is 0 Å². The molecule has 1 aliphatic rings. The van der Waals surface area contributed by atoms with Crippen LogP contribution in [-0.2, 0) is 9.53 Å². The number of ether oxygens (including phenoxy) is 1. The SMILES string of the molecule is COC(=O)c1sccc1NC(=O)C1CCCC1(C)C. The second-order valence-electron chi connectivity index (χ2n) is 5.58. The summed E-state index contributed by atoms with van der Waals surface area (Å²) in [5, 5.41) is 4.65. The van der Waals surface area contributed by atoms with E-state index in [0.29, 0.717) is 10.6 Å². The fourth-order valence-corrected chi connectivity index (χ4v) is 3.46. The van der Waals surface area contributed by atoms with Gasteiger partial charge in [-0.1, -0.05) is 20.3 Å². The molecule has 104 valence electrons. The smallest absolute Gasteiger partial charge is 0.350 e. The summed E-state index contributed by atoms with van der Waals surface area (Å²) < 4.78 is 4.70. The molecule has 1 aromatic heterocycles. The molecule has 0 bridgehead atoms. The molecule has 1 aromatic rings. The van der Waals surface area contributed by atoms with Crippen molar-refractivity contribution >= 4 is 28.9 Å². The van der Waals surface area contributed by atoms with E-state index >= 15 is 0 Å². The van der Waals surface area contributed by atoms with E-state index in [0.717, 1.165) is 19.3 Å². The second kappa shape index (κ2) is 5.33. The van der Waals surface area contributed by atoms with Crippen LogP contribution >= 0.6 is 11.3 Å². The first kappa shape index (κ1) is 14.1. The van der Waals surface area contributed by atoms with Crippen molar-refractivity contribution in [2.45, 2.75) is 33.1 Å². The summed E-state index contributed by atoms with van der Waals surface area (Å²) in [6.45, 7) is 4.25. The van der Waals surface area contributed by atoms with Crippen molar-refractivity contribution in [3.63, 3.8) is 0 Å². The zero-order chi connectivity index (χ0) is 14.0. The van der Waals surface area contributed by atoms with E-state index in [1.54, 1.807) is 11.4 Å². The van der Waals surface area contributed by atoms with Crippen molar-refractivity contribution in [2.24, 2.45) is 11.3 Å². The van der Waals surface area contributed by atoms with Gasteiger partial charge in [0, 0.05) is 5.92 Å². The Labute approximate surface area is 117 Å². The van der Waals surface area contributed by atoms with E-state index in [-0.39, 0.29) is 17.2 Å². The molecule has 0 saturated heterocycles. The highest BCUT2D eigenvalue weighted by atomic mass is 32.1. The van der Waals surface area contributed by atoms with Crippen LogP contribution in [-0.4, -0.2) is 19.0 Å². The quantitative estimate of drug-likeness (QED) is 0.865. The number of anilines is 1. The van der Waals surface area contributed by atoms with E-state index in [9.17, 15) is 9.59 Å². The average molecular weight is 281 g/mol. The molecular weight excluding hydrogens is 262 g/mol. The predicted molar refractivity (Wildman–Crippen MR) is 75.4 cm³/mol. The van der Waals surface area contributed by atoms with Gasteiger partial charge in [-0.25, -0.2) is 4.79 Å². The van der Waals surface area contributed by atoms with Crippen LogP contribution in [0.3, 0.4) is 0 Å². The third kappa shape index (κ3) is 2.81. The monoisotopic (exact) mass is 281 g/mol. The first-order valence-electron chi connectivity index (χ1n) is 6.42. The Morgan fingerprint density at radius 3 is 2.79 bits per heavy atom. The maximum atomic E-state index is 12.3. The van der Waals surface area contributed by atoms with Crippen LogP contribution in [0.1, 0.15) is 42.8 Å². The maximum Gasteiger partial charge on any atom is 0.350 e. The molecule has 1 saturated carbocycles. The molecule has 1 atom stereocenters. The van der Waals surface area contributed by atoms with E-state index in [2.05, 4.69) is 19.2 Å².